The molecular weight excluding hydrogens is 390 g/mol. The summed E-state index contributed by atoms with van der Waals surface area (Å²) in [4.78, 5) is 35.7. The van der Waals surface area contributed by atoms with Crippen LogP contribution in [0.3, 0.4) is 0 Å². The third-order valence-electron chi connectivity index (χ3n) is 5.73. The van der Waals surface area contributed by atoms with E-state index in [-0.39, 0.29) is 5.91 Å². The molecule has 1 aliphatic rings. The van der Waals surface area contributed by atoms with Crippen LogP contribution in [0.4, 0.5) is 5.69 Å². The van der Waals surface area contributed by atoms with E-state index in [1.807, 2.05) is 41.6 Å². The maximum Gasteiger partial charge on any atom is 0.253 e. The number of anilines is 1. The summed E-state index contributed by atoms with van der Waals surface area (Å²) < 4.78 is 0. The van der Waals surface area contributed by atoms with Gasteiger partial charge in [0.25, 0.3) is 5.91 Å². The molecule has 0 atom stereocenters. The van der Waals surface area contributed by atoms with Crippen LogP contribution in [0.25, 0.3) is 17.1 Å². The van der Waals surface area contributed by atoms with Gasteiger partial charge in [0, 0.05) is 55.0 Å². The Hall–Kier alpha value is -3.61. The third-order valence-corrected chi connectivity index (χ3v) is 5.73. The number of carbonyl (C=O) groups is 2. The number of hydrogen-bond donors (Lipinski definition) is 2. The molecule has 3 N–H and O–H groups in total. The fourth-order valence-corrected chi connectivity index (χ4v) is 3.86. The predicted molar refractivity (Wildman–Crippen MR) is 123 cm³/mol. The first-order valence-corrected chi connectivity index (χ1v) is 10.5. The van der Waals surface area contributed by atoms with E-state index in [2.05, 4.69) is 34.8 Å². The zero-order valence-corrected chi connectivity index (χ0v) is 17.8. The average molecular weight is 418 g/mol. The van der Waals surface area contributed by atoms with Crippen LogP contribution in [0.2, 0.25) is 0 Å². The second kappa shape index (κ2) is 8.63. The zero-order chi connectivity index (χ0) is 22.0. The number of primary amides is 1. The molecule has 7 heteroatoms. The highest BCUT2D eigenvalue weighted by Crippen LogP contribution is 2.25. The summed E-state index contributed by atoms with van der Waals surface area (Å²) in [6, 6.07) is 9.98. The molecule has 3 aromatic rings. The number of nitrogens with two attached hydrogens (primary N) is 1. The molecule has 1 aliphatic heterocycles. The molecule has 1 saturated heterocycles. The highest BCUT2D eigenvalue weighted by atomic mass is 16.2. The van der Waals surface area contributed by atoms with Gasteiger partial charge in [-0.3, -0.25) is 9.59 Å². The largest absolute Gasteiger partial charge is 0.367 e. The number of nitrogens with zero attached hydrogens (tertiary/aromatic N) is 3. The molecule has 1 fully saturated rings. The van der Waals surface area contributed by atoms with Crippen LogP contribution in [-0.4, -0.2) is 52.9 Å². The van der Waals surface area contributed by atoms with Crippen molar-refractivity contribution in [3.63, 3.8) is 0 Å². The van der Waals surface area contributed by atoms with Crippen LogP contribution in [0.5, 0.6) is 0 Å². The molecule has 0 aliphatic carbocycles. The molecule has 4 rings (SSSR count). The van der Waals surface area contributed by atoms with Crippen LogP contribution in [0.1, 0.15) is 41.3 Å². The number of aromatic amines is 1. The second-order valence-corrected chi connectivity index (χ2v) is 8.13. The summed E-state index contributed by atoms with van der Waals surface area (Å²) in [5, 5.41) is 0.929. The van der Waals surface area contributed by atoms with E-state index in [9.17, 15) is 9.59 Å². The van der Waals surface area contributed by atoms with Crippen LogP contribution in [-0.2, 0) is 4.79 Å². The number of hydrogen-bond acceptors (Lipinski definition) is 4. The lowest BCUT2D eigenvalue weighted by Gasteiger charge is -2.36. The normalized spacial score (nSPS) is 14.7. The molecule has 0 spiro atoms. The summed E-state index contributed by atoms with van der Waals surface area (Å²) in [5.41, 5.74) is 9.79. The summed E-state index contributed by atoms with van der Waals surface area (Å²) >= 11 is 0. The van der Waals surface area contributed by atoms with Crippen LogP contribution >= 0.6 is 0 Å². The summed E-state index contributed by atoms with van der Waals surface area (Å²) in [6.07, 6.45) is 6.67. The third kappa shape index (κ3) is 4.45. The quantitative estimate of drug-likeness (QED) is 0.624. The molecule has 0 saturated carbocycles. The minimum Gasteiger partial charge on any atom is -0.367 e. The second-order valence-electron chi connectivity index (χ2n) is 8.13. The van der Waals surface area contributed by atoms with Gasteiger partial charge in [-0.2, -0.15) is 0 Å². The van der Waals surface area contributed by atoms with Gasteiger partial charge in [0.2, 0.25) is 5.91 Å². The SMILES string of the molecule is CC(C)c1ccc(C(=O)N2CCN(c3cnc4[nH]cc(/C=C/C(N)=O)c4c3)CC2)cc1. The Balaban J connectivity index is 1.44. The first-order valence-electron chi connectivity index (χ1n) is 10.5. The Morgan fingerprint density at radius 2 is 1.84 bits per heavy atom. The van der Waals surface area contributed by atoms with E-state index in [0.29, 0.717) is 19.0 Å². The van der Waals surface area contributed by atoms with E-state index < -0.39 is 5.91 Å². The fraction of sp³-hybridized carbons (Fsp3) is 0.292. The number of pyridine rings is 1. The van der Waals surface area contributed by atoms with Crippen molar-refractivity contribution in [1.29, 1.82) is 0 Å². The predicted octanol–water partition coefficient (Wildman–Crippen LogP) is 3.15. The van der Waals surface area contributed by atoms with E-state index in [1.54, 1.807) is 6.08 Å². The number of aromatic nitrogens is 2. The van der Waals surface area contributed by atoms with Crippen LogP contribution < -0.4 is 10.6 Å². The Morgan fingerprint density at radius 1 is 1.13 bits per heavy atom. The first kappa shape index (κ1) is 20.7. The Kier molecular flexibility index (Phi) is 5.75. The highest BCUT2D eigenvalue weighted by Gasteiger charge is 2.23. The van der Waals surface area contributed by atoms with E-state index in [1.165, 1.54) is 11.6 Å². The van der Waals surface area contributed by atoms with Gasteiger partial charge < -0.3 is 20.5 Å². The molecule has 0 unspecified atom stereocenters. The van der Waals surface area contributed by atoms with Gasteiger partial charge in [-0.15, -0.1) is 0 Å². The molecule has 3 heterocycles. The van der Waals surface area contributed by atoms with Crippen molar-refractivity contribution in [2.24, 2.45) is 5.73 Å². The van der Waals surface area contributed by atoms with Gasteiger partial charge in [-0.25, -0.2) is 4.98 Å². The minimum atomic E-state index is -0.488. The van der Waals surface area contributed by atoms with Crippen molar-refractivity contribution >= 4 is 34.6 Å². The number of carbonyl (C=O) groups excluding carboxylic acids is 2. The number of benzene rings is 1. The number of H-pyrrole nitrogens is 1. The van der Waals surface area contributed by atoms with Gasteiger partial charge in [0.05, 0.1) is 11.9 Å². The number of rotatable bonds is 5. The molecule has 2 aromatic heterocycles. The average Bonchev–Trinajstić information content (AvgIpc) is 3.19. The van der Waals surface area contributed by atoms with Gasteiger partial charge in [0.1, 0.15) is 5.65 Å². The maximum atomic E-state index is 12.9. The smallest absolute Gasteiger partial charge is 0.253 e. The van der Waals surface area contributed by atoms with Crippen LogP contribution in [0.15, 0.2) is 48.8 Å². The van der Waals surface area contributed by atoms with Crippen molar-refractivity contribution < 1.29 is 9.59 Å². The van der Waals surface area contributed by atoms with E-state index in [4.69, 9.17) is 5.73 Å². The van der Waals surface area contributed by atoms with Crippen molar-refractivity contribution in [3.8, 4) is 0 Å². The molecule has 2 amide bonds. The summed E-state index contributed by atoms with van der Waals surface area (Å²) in [6.45, 7) is 7.08. The molecule has 7 nitrogen and oxygen atoms in total. The number of piperazine rings is 1. The van der Waals surface area contributed by atoms with Crippen LogP contribution in [0, 0.1) is 0 Å². The van der Waals surface area contributed by atoms with Crippen molar-refractivity contribution in [2.75, 3.05) is 31.1 Å². The van der Waals surface area contributed by atoms with Crippen molar-refractivity contribution in [1.82, 2.24) is 14.9 Å². The molecule has 160 valence electrons. The Bertz CT molecular complexity index is 1120. The molecule has 0 radical (unpaired) electrons. The van der Waals surface area contributed by atoms with Gasteiger partial charge >= 0.3 is 0 Å². The lowest BCUT2D eigenvalue weighted by Crippen LogP contribution is -2.48. The molecule has 31 heavy (non-hydrogen) atoms. The molecular formula is C24H27N5O2. The zero-order valence-electron chi connectivity index (χ0n) is 17.8. The lowest BCUT2D eigenvalue weighted by atomic mass is 10.0. The number of fused-ring (bicyclic) bond motifs is 1. The fourth-order valence-electron chi connectivity index (χ4n) is 3.86. The lowest BCUT2D eigenvalue weighted by molar-refractivity contribution is -0.113. The maximum absolute atomic E-state index is 12.9. The standard InChI is InChI=1S/C24H27N5O2/c1-16(2)17-3-5-18(6-4-17)24(31)29-11-9-28(10-12-29)20-13-21-19(7-8-22(25)30)14-26-23(21)27-15-20/h3-8,13-16H,9-12H2,1-2H3,(H2,25,30)(H,26,27)/b8-7+. The minimum absolute atomic E-state index is 0.0769. The number of nitrogens with one attached hydrogen (secondary N) is 1. The summed E-state index contributed by atoms with van der Waals surface area (Å²) in [5.74, 6) is 0.0385. The van der Waals surface area contributed by atoms with Gasteiger partial charge in [-0.1, -0.05) is 26.0 Å². The Morgan fingerprint density at radius 3 is 2.48 bits per heavy atom. The first-order chi connectivity index (χ1) is 14.9. The Labute approximate surface area is 181 Å². The van der Waals surface area contributed by atoms with Crippen molar-refractivity contribution in [2.45, 2.75) is 19.8 Å². The molecule has 0 bridgehead atoms. The van der Waals surface area contributed by atoms with Gasteiger partial charge in [-0.05, 0) is 35.8 Å². The number of amides is 2. The van der Waals surface area contributed by atoms with E-state index >= 15 is 0 Å². The molecule has 1 aromatic carbocycles. The highest BCUT2D eigenvalue weighted by molar-refractivity contribution is 5.96. The van der Waals surface area contributed by atoms with Gasteiger partial charge in [0.15, 0.2) is 0 Å². The monoisotopic (exact) mass is 417 g/mol. The van der Waals surface area contributed by atoms with Crippen molar-refractivity contribution in [3.05, 3.63) is 65.5 Å². The topological polar surface area (TPSA) is 95.3 Å². The summed E-state index contributed by atoms with van der Waals surface area (Å²) in [7, 11) is 0. The van der Waals surface area contributed by atoms with E-state index in [0.717, 1.165) is 40.9 Å².